The van der Waals surface area contributed by atoms with E-state index in [1.165, 1.54) is 12.1 Å². The molecule has 1 amide bonds. The van der Waals surface area contributed by atoms with E-state index in [1.54, 1.807) is 12.1 Å². The van der Waals surface area contributed by atoms with Crippen molar-refractivity contribution in [3.63, 3.8) is 0 Å². The van der Waals surface area contributed by atoms with Gasteiger partial charge in [-0.1, -0.05) is 19.1 Å². The molecule has 2 rings (SSSR count). The van der Waals surface area contributed by atoms with Crippen molar-refractivity contribution in [3.05, 3.63) is 35.6 Å². The number of nitriles is 1. The molecule has 20 heavy (non-hydrogen) atoms. The molecule has 0 radical (unpaired) electrons. The van der Waals surface area contributed by atoms with Gasteiger partial charge in [-0.05, 0) is 49.3 Å². The molecular weight excluding hydrogens is 255 g/mol. The average molecular weight is 274 g/mol. The topological polar surface area (TPSA) is 52.9 Å². The lowest BCUT2D eigenvalue weighted by Crippen LogP contribution is -2.50. The van der Waals surface area contributed by atoms with Crippen LogP contribution in [0, 0.1) is 23.1 Å². The summed E-state index contributed by atoms with van der Waals surface area (Å²) in [6.07, 6.45) is 3.52. The summed E-state index contributed by atoms with van der Waals surface area (Å²) < 4.78 is 12.8. The third-order valence-electron chi connectivity index (χ3n) is 4.00. The van der Waals surface area contributed by atoms with Gasteiger partial charge in [0.1, 0.15) is 11.4 Å². The predicted molar refractivity (Wildman–Crippen MR) is 74.2 cm³/mol. The minimum Gasteiger partial charge on any atom is -0.338 e. The van der Waals surface area contributed by atoms with Gasteiger partial charge in [-0.2, -0.15) is 5.26 Å². The second kappa shape index (κ2) is 6.04. The minimum atomic E-state index is -0.719. The van der Waals surface area contributed by atoms with Crippen LogP contribution < -0.4 is 5.32 Å². The third-order valence-corrected chi connectivity index (χ3v) is 4.00. The molecule has 1 saturated carbocycles. The molecular formula is C16H19FN2O. The first kappa shape index (κ1) is 14.5. The maximum Gasteiger partial charge on any atom is 0.225 e. The number of rotatable bonds is 3. The van der Waals surface area contributed by atoms with E-state index in [0.29, 0.717) is 18.8 Å². The molecule has 0 bridgehead atoms. The first-order valence-corrected chi connectivity index (χ1v) is 7.00. The zero-order valence-corrected chi connectivity index (χ0v) is 11.7. The van der Waals surface area contributed by atoms with Crippen LogP contribution in [-0.2, 0) is 11.2 Å². The Labute approximate surface area is 118 Å². The molecule has 0 aliphatic heterocycles. The summed E-state index contributed by atoms with van der Waals surface area (Å²) in [6, 6.07) is 8.14. The second-order valence-electron chi connectivity index (χ2n) is 5.73. The van der Waals surface area contributed by atoms with E-state index in [9.17, 15) is 14.4 Å². The lowest BCUT2D eigenvalue weighted by atomic mass is 9.78. The van der Waals surface area contributed by atoms with Crippen LogP contribution in [0.1, 0.15) is 38.2 Å². The molecule has 0 aromatic heterocycles. The molecule has 1 aliphatic rings. The molecule has 0 unspecified atom stereocenters. The molecule has 4 heteroatoms. The SMILES string of the molecule is CC1CCC(C#N)(NC(=O)Cc2ccc(F)cc2)CC1. The standard InChI is InChI=1S/C16H19FN2O/c1-12-6-8-16(11-18,9-7-12)19-15(20)10-13-2-4-14(17)5-3-13/h2-5,12H,6-10H2,1H3,(H,19,20). The van der Waals surface area contributed by atoms with Gasteiger partial charge in [-0.3, -0.25) is 4.79 Å². The second-order valence-corrected chi connectivity index (χ2v) is 5.73. The fraction of sp³-hybridized carbons (Fsp3) is 0.500. The van der Waals surface area contributed by atoms with E-state index >= 15 is 0 Å². The van der Waals surface area contributed by atoms with Crippen molar-refractivity contribution >= 4 is 5.91 Å². The van der Waals surface area contributed by atoms with Gasteiger partial charge < -0.3 is 5.32 Å². The molecule has 1 aromatic rings. The summed E-state index contributed by atoms with van der Waals surface area (Å²) in [5.41, 5.74) is 0.0325. The van der Waals surface area contributed by atoms with Gasteiger partial charge in [0.25, 0.3) is 0 Å². The molecule has 0 saturated heterocycles. The predicted octanol–water partition coefficient (Wildman–Crippen LogP) is 2.96. The molecule has 0 heterocycles. The Morgan fingerprint density at radius 1 is 1.40 bits per heavy atom. The Bertz CT molecular complexity index is 510. The molecule has 1 N–H and O–H groups in total. The van der Waals surface area contributed by atoms with Crippen LogP contribution >= 0.6 is 0 Å². The summed E-state index contributed by atoms with van der Waals surface area (Å²) in [5.74, 6) is 0.127. The summed E-state index contributed by atoms with van der Waals surface area (Å²) >= 11 is 0. The first-order valence-electron chi connectivity index (χ1n) is 7.00. The smallest absolute Gasteiger partial charge is 0.225 e. The quantitative estimate of drug-likeness (QED) is 0.921. The van der Waals surface area contributed by atoms with E-state index in [0.717, 1.165) is 18.4 Å². The minimum absolute atomic E-state index is 0.173. The third kappa shape index (κ3) is 3.57. The highest BCUT2D eigenvalue weighted by Crippen LogP contribution is 2.31. The van der Waals surface area contributed by atoms with E-state index in [4.69, 9.17) is 0 Å². The van der Waals surface area contributed by atoms with Crippen LogP contribution in [0.4, 0.5) is 4.39 Å². The molecule has 0 spiro atoms. The molecule has 1 aliphatic carbocycles. The number of carbonyl (C=O) groups excluding carboxylic acids is 1. The van der Waals surface area contributed by atoms with Crippen LogP contribution in [0.5, 0.6) is 0 Å². The van der Waals surface area contributed by atoms with Crippen molar-refractivity contribution < 1.29 is 9.18 Å². The Kier molecular flexibility index (Phi) is 4.39. The maximum atomic E-state index is 12.8. The van der Waals surface area contributed by atoms with Crippen molar-refractivity contribution in [3.8, 4) is 6.07 Å². The fourth-order valence-electron chi connectivity index (χ4n) is 2.62. The number of nitrogens with zero attached hydrogens (tertiary/aromatic N) is 1. The average Bonchev–Trinajstić information content (AvgIpc) is 2.44. The highest BCUT2D eigenvalue weighted by molar-refractivity contribution is 5.79. The van der Waals surface area contributed by atoms with Crippen molar-refractivity contribution in [1.29, 1.82) is 5.26 Å². The largest absolute Gasteiger partial charge is 0.338 e. The molecule has 1 aromatic carbocycles. The van der Waals surface area contributed by atoms with Gasteiger partial charge in [0.15, 0.2) is 0 Å². The van der Waals surface area contributed by atoms with E-state index in [-0.39, 0.29) is 18.1 Å². The van der Waals surface area contributed by atoms with Crippen LogP contribution in [0.2, 0.25) is 0 Å². The zero-order chi connectivity index (χ0) is 14.6. The molecule has 0 atom stereocenters. The number of amides is 1. The van der Waals surface area contributed by atoms with Gasteiger partial charge in [0.2, 0.25) is 5.91 Å². The Hall–Kier alpha value is -1.89. The van der Waals surface area contributed by atoms with Crippen LogP contribution in [0.25, 0.3) is 0 Å². The highest BCUT2D eigenvalue weighted by Gasteiger charge is 2.35. The Morgan fingerprint density at radius 2 is 2.00 bits per heavy atom. The lowest BCUT2D eigenvalue weighted by molar-refractivity contribution is -0.122. The van der Waals surface area contributed by atoms with Gasteiger partial charge in [-0.25, -0.2) is 4.39 Å². The van der Waals surface area contributed by atoms with Crippen LogP contribution in [0.3, 0.4) is 0 Å². The Morgan fingerprint density at radius 3 is 2.55 bits per heavy atom. The Balaban J connectivity index is 1.96. The molecule has 1 fully saturated rings. The number of carbonyl (C=O) groups is 1. The number of nitrogens with one attached hydrogen (secondary N) is 1. The van der Waals surface area contributed by atoms with Crippen LogP contribution in [0.15, 0.2) is 24.3 Å². The normalized spacial score (nSPS) is 25.8. The summed E-state index contributed by atoms with van der Waals surface area (Å²) in [6.45, 7) is 2.17. The van der Waals surface area contributed by atoms with Crippen molar-refractivity contribution in [2.45, 2.75) is 44.6 Å². The first-order chi connectivity index (χ1) is 9.53. The van der Waals surface area contributed by atoms with Crippen LogP contribution in [-0.4, -0.2) is 11.4 Å². The van der Waals surface area contributed by atoms with E-state index in [2.05, 4.69) is 18.3 Å². The zero-order valence-electron chi connectivity index (χ0n) is 11.7. The van der Waals surface area contributed by atoms with E-state index < -0.39 is 5.54 Å². The molecule has 106 valence electrons. The monoisotopic (exact) mass is 274 g/mol. The van der Waals surface area contributed by atoms with Gasteiger partial charge in [0, 0.05) is 0 Å². The number of hydrogen-bond acceptors (Lipinski definition) is 2. The fourth-order valence-corrected chi connectivity index (χ4v) is 2.62. The van der Waals surface area contributed by atoms with E-state index in [1.807, 2.05) is 0 Å². The number of halogens is 1. The van der Waals surface area contributed by atoms with Crippen molar-refractivity contribution in [2.75, 3.05) is 0 Å². The van der Waals surface area contributed by atoms with Gasteiger partial charge >= 0.3 is 0 Å². The summed E-state index contributed by atoms with van der Waals surface area (Å²) in [4.78, 5) is 12.1. The highest BCUT2D eigenvalue weighted by atomic mass is 19.1. The number of hydrogen-bond donors (Lipinski definition) is 1. The van der Waals surface area contributed by atoms with Crippen molar-refractivity contribution in [2.24, 2.45) is 5.92 Å². The maximum absolute atomic E-state index is 12.8. The summed E-state index contributed by atoms with van der Waals surface area (Å²) in [5, 5.41) is 12.2. The lowest BCUT2D eigenvalue weighted by Gasteiger charge is -2.34. The molecule has 3 nitrogen and oxygen atoms in total. The van der Waals surface area contributed by atoms with Crippen molar-refractivity contribution in [1.82, 2.24) is 5.32 Å². The summed E-state index contributed by atoms with van der Waals surface area (Å²) in [7, 11) is 0. The van der Waals surface area contributed by atoms with Gasteiger partial charge in [0.05, 0.1) is 12.5 Å². The van der Waals surface area contributed by atoms with Gasteiger partial charge in [-0.15, -0.1) is 0 Å². The number of benzene rings is 1.